The van der Waals surface area contributed by atoms with Crippen LogP contribution in [0.4, 0.5) is 0 Å². The lowest BCUT2D eigenvalue weighted by Gasteiger charge is -2.47. The zero-order valence-electron chi connectivity index (χ0n) is 23.2. The topological polar surface area (TPSA) is 82.1 Å². The minimum Gasteiger partial charge on any atom is -0.493 e. The Kier molecular flexibility index (Phi) is 6.94. The molecule has 1 saturated heterocycles. The first-order valence-electron chi connectivity index (χ1n) is 13.8. The Morgan fingerprint density at radius 3 is 2.43 bits per heavy atom. The molecule has 8 heteroatoms. The number of ketones is 1. The summed E-state index contributed by atoms with van der Waals surface area (Å²) in [7, 11) is -0.617. The zero-order valence-corrected chi connectivity index (χ0v) is 24.0. The zero-order chi connectivity index (χ0) is 26.8. The molecule has 0 aromatic heterocycles. The van der Waals surface area contributed by atoms with Crippen molar-refractivity contribution in [1.82, 2.24) is 4.90 Å². The fourth-order valence-electron chi connectivity index (χ4n) is 7.99. The van der Waals surface area contributed by atoms with Crippen molar-refractivity contribution < 1.29 is 26.9 Å². The summed E-state index contributed by atoms with van der Waals surface area (Å²) < 4.78 is 44.6. The Bertz CT molecular complexity index is 1160. The van der Waals surface area contributed by atoms with E-state index in [1.807, 2.05) is 0 Å². The van der Waals surface area contributed by atoms with Gasteiger partial charge in [-0.25, -0.2) is 0 Å². The summed E-state index contributed by atoms with van der Waals surface area (Å²) in [6.45, 7) is 10.2. The van der Waals surface area contributed by atoms with Crippen LogP contribution in [0.15, 0.2) is 12.1 Å². The van der Waals surface area contributed by atoms with E-state index < -0.39 is 21.6 Å². The monoisotopic (exact) mass is 533 g/mol. The van der Waals surface area contributed by atoms with E-state index in [1.54, 1.807) is 14.2 Å². The lowest BCUT2D eigenvalue weighted by molar-refractivity contribution is -0.128. The third kappa shape index (κ3) is 4.51. The van der Waals surface area contributed by atoms with Gasteiger partial charge in [0.15, 0.2) is 11.5 Å². The quantitative estimate of drug-likeness (QED) is 0.445. The van der Waals surface area contributed by atoms with Gasteiger partial charge in [0.1, 0.15) is 5.78 Å². The highest BCUT2D eigenvalue weighted by Crippen LogP contribution is 2.64. The molecule has 1 aromatic carbocycles. The molecule has 7 nitrogen and oxygen atoms in total. The smallest absolute Gasteiger partial charge is 0.268 e. The Labute approximate surface area is 222 Å². The van der Waals surface area contributed by atoms with E-state index in [2.05, 4.69) is 44.7 Å². The molecule has 2 saturated carbocycles. The second-order valence-electron chi connectivity index (χ2n) is 12.8. The number of hydrogen-bond acceptors (Lipinski definition) is 7. The number of hydrogen-bond donors (Lipinski definition) is 0. The van der Waals surface area contributed by atoms with Gasteiger partial charge in [-0.3, -0.25) is 13.9 Å². The van der Waals surface area contributed by atoms with Crippen molar-refractivity contribution in [1.29, 1.82) is 0 Å². The van der Waals surface area contributed by atoms with Crippen LogP contribution in [-0.4, -0.2) is 58.3 Å². The van der Waals surface area contributed by atoms with Crippen LogP contribution in [0.25, 0.3) is 0 Å². The molecular formula is C29H43NO6S. The van der Waals surface area contributed by atoms with Gasteiger partial charge < -0.3 is 9.47 Å². The Morgan fingerprint density at radius 1 is 1.14 bits per heavy atom. The molecule has 5 rings (SSSR count). The summed E-state index contributed by atoms with van der Waals surface area (Å²) in [5.41, 5.74) is 1.27. The summed E-state index contributed by atoms with van der Waals surface area (Å²) in [4.78, 5) is 15.5. The molecule has 1 aromatic rings. The summed E-state index contributed by atoms with van der Waals surface area (Å²) in [6.07, 6.45) is 4.09. The molecule has 0 unspecified atom stereocenters. The second-order valence-corrected chi connectivity index (χ2v) is 14.4. The van der Waals surface area contributed by atoms with E-state index >= 15 is 0 Å². The highest BCUT2D eigenvalue weighted by molar-refractivity contribution is 7.86. The first-order valence-corrected chi connectivity index (χ1v) is 15.4. The number of ether oxygens (including phenoxy) is 2. The van der Waals surface area contributed by atoms with Gasteiger partial charge in [0.05, 0.1) is 31.5 Å². The maximum Gasteiger partial charge on any atom is 0.268 e. The van der Waals surface area contributed by atoms with Crippen LogP contribution < -0.4 is 9.47 Å². The maximum atomic E-state index is 13.7. The van der Waals surface area contributed by atoms with Crippen molar-refractivity contribution in [2.75, 3.05) is 33.1 Å². The van der Waals surface area contributed by atoms with Gasteiger partial charge in [-0.1, -0.05) is 27.7 Å². The highest BCUT2D eigenvalue weighted by atomic mass is 32.2. The number of rotatable bonds is 8. The van der Waals surface area contributed by atoms with Crippen LogP contribution in [0, 0.1) is 28.6 Å². The first-order chi connectivity index (χ1) is 17.4. The molecule has 0 radical (unpaired) electrons. The third-order valence-electron chi connectivity index (χ3n) is 10.2. The van der Waals surface area contributed by atoms with Crippen LogP contribution in [0.2, 0.25) is 0 Å². The summed E-state index contributed by atoms with van der Waals surface area (Å²) >= 11 is 0. The largest absolute Gasteiger partial charge is 0.493 e. The van der Waals surface area contributed by atoms with Crippen LogP contribution in [0.1, 0.15) is 77.0 Å². The van der Waals surface area contributed by atoms with E-state index in [9.17, 15) is 13.2 Å². The van der Waals surface area contributed by atoms with Gasteiger partial charge >= 0.3 is 0 Å². The molecule has 206 valence electrons. The molecule has 37 heavy (non-hydrogen) atoms. The molecular weight excluding hydrogens is 490 g/mol. The van der Waals surface area contributed by atoms with E-state index in [0.29, 0.717) is 30.9 Å². The fourth-order valence-corrected chi connectivity index (χ4v) is 9.95. The molecule has 3 fully saturated rings. The van der Waals surface area contributed by atoms with Gasteiger partial charge in [-0.15, -0.1) is 0 Å². The SMILES string of the molecule is COc1cc2c(cc1OC)[C@H]1C[C@@H](OS(=O)(=O)C[C@]34CC[C@@H](CC3=O)C4(C)C)[C@H](CC(C)C)CN1CC2. The molecule has 0 spiro atoms. The number of carbonyl (C=O) groups is 1. The van der Waals surface area contributed by atoms with Gasteiger partial charge in [0, 0.05) is 25.6 Å². The van der Waals surface area contributed by atoms with Crippen LogP contribution >= 0.6 is 0 Å². The average Bonchev–Trinajstić information content (AvgIpc) is 3.17. The van der Waals surface area contributed by atoms with E-state index in [0.717, 1.165) is 38.1 Å². The lowest BCUT2D eigenvalue weighted by Crippen LogP contribution is -2.50. The number of methoxy groups -OCH3 is 2. The minimum atomic E-state index is -3.90. The van der Waals surface area contributed by atoms with Crippen molar-refractivity contribution in [3.8, 4) is 11.5 Å². The van der Waals surface area contributed by atoms with E-state index in [1.165, 1.54) is 11.1 Å². The fraction of sp³-hybridized carbons (Fsp3) is 0.759. The van der Waals surface area contributed by atoms with Gasteiger partial charge in [-0.2, -0.15) is 8.42 Å². The molecule has 2 heterocycles. The number of piperidine rings is 1. The van der Waals surface area contributed by atoms with Crippen molar-refractivity contribution in [2.45, 2.75) is 78.4 Å². The average molecular weight is 534 g/mol. The summed E-state index contributed by atoms with van der Waals surface area (Å²) in [5.74, 6) is 2.15. The Balaban J connectivity index is 1.43. The lowest BCUT2D eigenvalue weighted by atomic mass is 9.70. The molecule has 0 amide bonds. The number of Topliss-reactive ketones (excluding diaryl/α,β-unsaturated/α-hetero) is 1. The van der Waals surface area contributed by atoms with Gasteiger partial charge in [0.2, 0.25) is 0 Å². The molecule has 4 aliphatic rings. The van der Waals surface area contributed by atoms with Crippen molar-refractivity contribution in [3.63, 3.8) is 0 Å². The normalized spacial score (nSPS) is 32.9. The van der Waals surface area contributed by atoms with E-state index in [-0.39, 0.29) is 34.8 Å². The van der Waals surface area contributed by atoms with E-state index in [4.69, 9.17) is 13.7 Å². The van der Waals surface area contributed by atoms with Crippen molar-refractivity contribution in [2.24, 2.45) is 28.6 Å². The van der Waals surface area contributed by atoms with Crippen molar-refractivity contribution >= 4 is 15.9 Å². The third-order valence-corrected chi connectivity index (χ3v) is 11.6. The summed E-state index contributed by atoms with van der Waals surface area (Å²) in [5, 5.41) is 0. The highest BCUT2D eigenvalue weighted by Gasteiger charge is 2.65. The molecule has 5 atom stereocenters. The summed E-state index contributed by atoms with van der Waals surface area (Å²) in [6, 6.07) is 4.17. The number of carbonyl (C=O) groups excluding carboxylic acids is 1. The predicted octanol–water partition coefficient (Wildman–Crippen LogP) is 4.78. The number of fused-ring (bicyclic) bond motifs is 5. The molecule has 2 bridgehead atoms. The minimum absolute atomic E-state index is 0.0609. The van der Waals surface area contributed by atoms with Crippen LogP contribution in [0.5, 0.6) is 11.5 Å². The maximum absolute atomic E-state index is 13.7. The standard InChI is InChI=1S/C29H43NO6S/c1-18(2)11-20-16-30-10-8-19-12-25(34-5)26(35-6)14-22(19)23(30)15-24(20)36-37(32,33)17-29-9-7-21(13-27(29)31)28(29,3)4/h12,14,18,20-21,23-24H,7-11,13,15-17H2,1-6H3/t20-,21+,23-,24-,29-/m1/s1. The molecule has 0 N–H and O–H groups in total. The Hall–Kier alpha value is -1.64. The molecule has 2 aliphatic carbocycles. The van der Waals surface area contributed by atoms with Crippen molar-refractivity contribution in [3.05, 3.63) is 23.3 Å². The number of nitrogens with zero attached hydrogens (tertiary/aromatic N) is 1. The predicted molar refractivity (Wildman–Crippen MR) is 142 cm³/mol. The number of benzene rings is 1. The van der Waals surface area contributed by atoms with Gasteiger partial charge in [-0.05, 0) is 78.5 Å². The second kappa shape index (κ2) is 9.53. The van der Waals surface area contributed by atoms with Crippen LogP contribution in [0.3, 0.4) is 0 Å². The van der Waals surface area contributed by atoms with Crippen LogP contribution in [-0.2, 0) is 25.5 Å². The van der Waals surface area contributed by atoms with Gasteiger partial charge in [0.25, 0.3) is 10.1 Å². The Morgan fingerprint density at radius 2 is 1.84 bits per heavy atom. The first kappa shape index (κ1) is 26.9. The molecule has 2 aliphatic heterocycles.